The summed E-state index contributed by atoms with van der Waals surface area (Å²) >= 11 is 0. The monoisotopic (exact) mass is 183 g/mol. The van der Waals surface area contributed by atoms with Gasteiger partial charge in [-0.3, -0.25) is 19.5 Å². The van der Waals surface area contributed by atoms with Crippen molar-refractivity contribution in [1.82, 2.24) is 4.57 Å². The molecule has 1 aromatic rings. The van der Waals surface area contributed by atoms with E-state index in [1.165, 1.54) is 13.1 Å². The Morgan fingerprint density at radius 2 is 2.15 bits per heavy atom. The van der Waals surface area contributed by atoms with Crippen molar-refractivity contribution in [2.24, 2.45) is 7.05 Å². The van der Waals surface area contributed by atoms with Gasteiger partial charge >= 0.3 is 11.2 Å². The summed E-state index contributed by atoms with van der Waals surface area (Å²) in [5.41, 5.74) is 4.88. The van der Waals surface area contributed by atoms with E-state index < -0.39 is 16.2 Å². The Hall–Kier alpha value is -1.85. The molecule has 2 N–H and O–H groups in total. The summed E-state index contributed by atoms with van der Waals surface area (Å²) < 4.78 is 1.06. The van der Waals surface area contributed by atoms with Crippen molar-refractivity contribution in [3.63, 3.8) is 0 Å². The van der Waals surface area contributed by atoms with Gasteiger partial charge < -0.3 is 5.73 Å². The van der Waals surface area contributed by atoms with Crippen LogP contribution < -0.4 is 11.3 Å². The molecule has 13 heavy (non-hydrogen) atoms. The van der Waals surface area contributed by atoms with Crippen LogP contribution in [-0.2, 0) is 7.05 Å². The Kier molecular flexibility index (Phi) is 2.05. The van der Waals surface area contributed by atoms with Crippen LogP contribution >= 0.6 is 0 Å². The maximum absolute atomic E-state index is 11.2. The fourth-order valence-electron chi connectivity index (χ4n) is 1.02. The second-order valence-electron chi connectivity index (χ2n) is 2.72. The fraction of sp³-hybridized carbons (Fsp3) is 0.286. The summed E-state index contributed by atoms with van der Waals surface area (Å²) in [6.45, 7) is 1.61. The first kappa shape index (κ1) is 9.24. The zero-order valence-corrected chi connectivity index (χ0v) is 7.27. The summed E-state index contributed by atoms with van der Waals surface area (Å²) in [6, 6.07) is 1.18. The summed E-state index contributed by atoms with van der Waals surface area (Å²) in [7, 11) is 1.40. The number of nitrogens with zero attached hydrogens (tertiary/aromatic N) is 2. The van der Waals surface area contributed by atoms with Crippen molar-refractivity contribution >= 4 is 11.5 Å². The van der Waals surface area contributed by atoms with Crippen LogP contribution in [0.4, 0.5) is 11.5 Å². The molecule has 0 atom stereocenters. The molecule has 0 bridgehead atoms. The first-order valence-corrected chi connectivity index (χ1v) is 3.55. The van der Waals surface area contributed by atoms with Gasteiger partial charge in [-0.05, 0) is 12.5 Å². The van der Waals surface area contributed by atoms with Crippen LogP contribution in [-0.4, -0.2) is 9.49 Å². The molecule has 1 rings (SSSR count). The Morgan fingerprint density at radius 3 is 2.62 bits per heavy atom. The highest BCUT2D eigenvalue weighted by Gasteiger charge is 2.16. The topological polar surface area (TPSA) is 91.2 Å². The lowest BCUT2D eigenvalue weighted by molar-refractivity contribution is -0.386. The molecule has 6 heteroatoms. The molecule has 0 fully saturated rings. The summed E-state index contributed by atoms with van der Waals surface area (Å²) in [6.07, 6.45) is 0. The van der Waals surface area contributed by atoms with E-state index in [2.05, 4.69) is 0 Å². The number of pyridine rings is 1. The fourth-order valence-corrected chi connectivity index (χ4v) is 1.02. The molecule has 1 heterocycles. The van der Waals surface area contributed by atoms with Crippen molar-refractivity contribution < 1.29 is 4.92 Å². The van der Waals surface area contributed by atoms with Crippen LogP contribution in [0.3, 0.4) is 0 Å². The first-order valence-electron chi connectivity index (χ1n) is 3.55. The quantitative estimate of drug-likeness (QED) is 0.496. The molecule has 0 saturated heterocycles. The normalized spacial score (nSPS) is 10.0. The zero-order chi connectivity index (χ0) is 10.2. The van der Waals surface area contributed by atoms with E-state index in [0.717, 1.165) is 4.57 Å². The van der Waals surface area contributed by atoms with Crippen molar-refractivity contribution in [3.05, 3.63) is 32.1 Å². The highest BCUT2D eigenvalue weighted by molar-refractivity contribution is 5.45. The van der Waals surface area contributed by atoms with Gasteiger partial charge in [0, 0.05) is 13.1 Å². The lowest BCUT2D eigenvalue weighted by Gasteiger charge is -2.05. The number of hydrogen-bond donors (Lipinski definition) is 1. The van der Waals surface area contributed by atoms with Crippen LogP contribution in [0, 0.1) is 17.0 Å². The van der Waals surface area contributed by atoms with Gasteiger partial charge in [-0.15, -0.1) is 0 Å². The number of nitro groups is 1. The number of hydrogen-bond acceptors (Lipinski definition) is 4. The lowest BCUT2D eigenvalue weighted by Crippen LogP contribution is -2.23. The maximum Gasteiger partial charge on any atom is 0.334 e. The molecule has 0 aromatic carbocycles. The third-order valence-corrected chi connectivity index (χ3v) is 1.84. The number of anilines is 1. The first-order chi connectivity index (χ1) is 5.95. The molecule has 70 valence electrons. The predicted molar refractivity (Wildman–Crippen MR) is 47.5 cm³/mol. The van der Waals surface area contributed by atoms with Crippen LogP contribution in [0.5, 0.6) is 0 Å². The van der Waals surface area contributed by atoms with Gasteiger partial charge in [0.25, 0.3) is 0 Å². The molecule has 6 nitrogen and oxygen atoms in total. The minimum Gasteiger partial charge on any atom is -0.385 e. The molecule has 0 aliphatic carbocycles. The van der Waals surface area contributed by atoms with Gasteiger partial charge in [-0.1, -0.05) is 0 Å². The predicted octanol–water partition coefficient (Wildman–Crippen LogP) is 0.184. The molecule has 0 aliphatic heterocycles. The highest BCUT2D eigenvalue weighted by Crippen LogP contribution is 2.12. The molecular formula is C7H9N3O3. The van der Waals surface area contributed by atoms with Crippen molar-refractivity contribution in [3.8, 4) is 0 Å². The summed E-state index contributed by atoms with van der Waals surface area (Å²) in [5.74, 6) is 0.246. The SMILES string of the molecule is Cc1cc([N+](=O)[O-])c(=O)n(C)c1N. The number of nitrogen functional groups attached to an aromatic ring is 1. The average Bonchev–Trinajstić information content (AvgIpc) is 2.07. The molecule has 0 amide bonds. The van der Waals surface area contributed by atoms with Gasteiger partial charge in [-0.2, -0.15) is 0 Å². The Morgan fingerprint density at radius 1 is 1.62 bits per heavy atom. The Labute approximate surface area is 73.7 Å². The van der Waals surface area contributed by atoms with Crippen molar-refractivity contribution in [2.45, 2.75) is 6.92 Å². The molecule has 1 aromatic heterocycles. The number of aromatic nitrogens is 1. The molecule has 0 spiro atoms. The maximum atomic E-state index is 11.2. The van der Waals surface area contributed by atoms with E-state index in [4.69, 9.17) is 5.73 Å². The van der Waals surface area contributed by atoms with Gasteiger partial charge in [0.05, 0.1) is 4.92 Å². The van der Waals surface area contributed by atoms with Crippen LogP contribution in [0.2, 0.25) is 0 Å². The van der Waals surface area contributed by atoms with Crippen LogP contribution in [0.25, 0.3) is 0 Å². The third-order valence-electron chi connectivity index (χ3n) is 1.84. The molecule has 0 radical (unpaired) electrons. The molecule has 0 unspecified atom stereocenters. The molecule has 0 saturated carbocycles. The van der Waals surface area contributed by atoms with Crippen LogP contribution in [0.15, 0.2) is 10.9 Å². The molecular weight excluding hydrogens is 174 g/mol. The van der Waals surface area contributed by atoms with E-state index in [1.807, 2.05) is 0 Å². The van der Waals surface area contributed by atoms with E-state index >= 15 is 0 Å². The van der Waals surface area contributed by atoms with Gasteiger partial charge in [0.15, 0.2) is 0 Å². The smallest absolute Gasteiger partial charge is 0.334 e. The van der Waals surface area contributed by atoms with E-state index in [9.17, 15) is 14.9 Å². The van der Waals surface area contributed by atoms with E-state index in [0.29, 0.717) is 5.56 Å². The van der Waals surface area contributed by atoms with E-state index in [1.54, 1.807) is 6.92 Å². The standard InChI is InChI=1S/C7H9N3O3/c1-4-3-5(10(12)13)7(11)9(2)6(4)8/h3H,8H2,1-2H3. The van der Waals surface area contributed by atoms with E-state index in [-0.39, 0.29) is 5.82 Å². The van der Waals surface area contributed by atoms with Crippen molar-refractivity contribution in [2.75, 3.05) is 5.73 Å². The average molecular weight is 183 g/mol. The molecule has 0 aliphatic rings. The van der Waals surface area contributed by atoms with Gasteiger partial charge in [0.2, 0.25) is 0 Å². The number of nitrogens with two attached hydrogens (primary N) is 1. The zero-order valence-electron chi connectivity index (χ0n) is 7.27. The minimum absolute atomic E-state index is 0.246. The Bertz CT molecular complexity index is 422. The second kappa shape index (κ2) is 2.89. The minimum atomic E-state index is -0.714. The largest absolute Gasteiger partial charge is 0.385 e. The van der Waals surface area contributed by atoms with Crippen molar-refractivity contribution in [1.29, 1.82) is 0 Å². The third kappa shape index (κ3) is 1.37. The summed E-state index contributed by atoms with van der Waals surface area (Å²) in [4.78, 5) is 20.9. The van der Waals surface area contributed by atoms with Crippen LogP contribution in [0.1, 0.15) is 5.56 Å². The van der Waals surface area contributed by atoms with Gasteiger partial charge in [-0.25, -0.2) is 0 Å². The summed E-state index contributed by atoms with van der Waals surface area (Å²) in [5, 5.41) is 10.4. The second-order valence-corrected chi connectivity index (χ2v) is 2.72. The highest BCUT2D eigenvalue weighted by atomic mass is 16.6. The number of rotatable bonds is 1. The lowest BCUT2D eigenvalue weighted by atomic mass is 10.2. The van der Waals surface area contributed by atoms with Gasteiger partial charge in [0.1, 0.15) is 5.82 Å². The number of aryl methyl sites for hydroxylation is 1. The Balaban J connectivity index is 3.60.